The van der Waals surface area contributed by atoms with Gasteiger partial charge in [-0.1, -0.05) is 26.0 Å². The standard InChI is InChI=1S/C16H27NO3/c1-13(2)17-11-15-6-5-7-16(10-15)20-9-8-19-14(3)12-18-4/h5-7,10,13-14,17H,8-9,11-12H2,1-4H3. The van der Waals surface area contributed by atoms with Gasteiger partial charge >= 0.3 is 0 Å². The molecule has 0 aliphatic rings. The molecule has 1 unspecified atom stereocenters. The van der Waals surface area contributed by atoms with Crippen LogP contribution in [0.15, 0.2) is 24.3 Å². The lowest BCUT2D eigenvalue weighted by Crippen LogP contribution is -2.21. The highest BCUT2D eigenvalue weighted by Gasteiger charge is 2.02. The van der Waals surface area contributed by atoms with Crippen molar-refractivity contribution in [1.29, 1.82) is 0 Å². The molecule has 4 heteroatoms. The van der Waals surface area contributed by atoms with Gasteiger partial charge in [-0.05, 0) is 24.6 Å². The fourth-order valence-corrected chi connectivity index (χ4v) is 1.76. The second kappa shape index (κ2) is 9.75. The van der Waals surface area contributed by atoms with Crippen LogP contribution in [0.25, 0.3) is 0 Å². The maximum Gasteiger partial charge on any atom is 0.119 e. The summed E-state index contributed by atoms with van der Waals surface area (Å²) in [6, 6.07) is 8.63. The zero-order valence-electron chi connectivity index (χ0n) is 13.0. The van der Waals surface area contributed by atoms with Gasteiger partial charge in [0.1, 0.15) is 12.4 Å². The fourth-order valence-electron chi connectivity index (χ4n) is 1.76. The van der Waals surface area contributed by atoms with Crippen molar-refractivity contribution in [3.05, 3.63) is 29.8 Å². The maximum absolute atomic E-state index is 5.69. The van der Waals surface area contributed by atoms with Crippen molar-refractivity contribution in [3.63, 3.8) is 0 Å². The lowest BCUT2D eigenvalue weighted by Gasteiger charge is -2.13. The largest absolute Gasteiger partial charge is 0.491 e. The van der Waals surface area contributed by atoms with Gasteiger partial charge in [0.25, 0.3) is 0 Å². The zero-order chi connectivity index (χ0) is 14.8. The lowest BCUT2D eigenvalue weighted by atomic mass is 10.2. The van der Waals surface area contributed by atoms with E-state index in [1.807, 2.05) is 19.1 Å². The van der Waals surface area contributed by atoms with E-state index in [0.717, 1.165) is 12.3 Å². The van der Waals surface area contributed by atoms with Gasteiger partial charge in [-0.15, -0.1) is 0 Å². The Morgan fingerprint density at radius 3 is 2.65 bits per heavy atom. The molecule has 0 heterocycles. The molecule has 0 saturated carbocycles. The maximum atomic E-state index is 5.69. The van der Waals surface area contributed by atoms with Crippen molar-refractivity contribution in [1.82, 2.24) is 5.32 Å². The van der Waals surface area contributed by atoms with Gasteiger partial charge in [-0.2, -0.15) is 0 Å². The Balaban J connectivity index is 2.28. The van der Waals surface area contributed by atoms with Gasteiger partial charge in [0, 0.05) is 19.7 Å². The summed E-state index contributed by atoms with van der Waals surface area (Å²) < 4.78 is 16.2. The Hall–Kier alpha value is -1.10. The third-order valence-corrected chi connectivity index (χ3v) is 2.77. The van der Waals surface area contributed by atoms with Crippen LogP contribution in [0, 0.1) is 0 Å². The van der Waals surface area contributed by atoms with Crippen LogP contribution < -0.4 is 10.1 Å². The third-order valence-electron chi connectivity index (χ3n) is 2.77. The first-order valence-corrected chi connectivity index (χ1v) is 7.17. The van der Waals surface area contributed by atoms with Gasteiger partial charge in [-0.25, -0.2) is 0 Å². The quantitative estimate of drug-likeness (QED) is 0.669. The summed E-state index contributed by atoms with van der Waals surface area (Å²) >= 11 is 0. The molecule has 114 valence electrons. The first-order chi connectivity index (χ1) is 9.61. The summed E-state index contributed by atoms with van der Waals surface area (Å²) in [4.78, 5) is 0. The highest BCUT2D eigenvalue weighted by atomic mass is 16.5. The van der Waals surface area contributed by atoms with Gasteiger partial charge in [0.2, 0.25) is 0 Å². The highest BCUT2D eigenvalue weighted by molar-refractivity contribution is 5.28. The summed E-state index contributed by atoms with van der Waals surface area (Å²) in [5.41, 5.74) is 1.23. The molecule has 0 spiro atoms. The Labute approximate surface area is 122 Å². The Morgan fingerprint density at radius 1 is 1.15 bits per heavy atom. The Kier molecular flexibility index (Phi) is 8.26. The molecule has 0 bridgehead atoms. The van der Waals surface area contributed by atoms with E-state index in [1.54, 1.807) is 7.11 Å². The molecule has 0 fully saturated rings. The number of rotatable bonds is 10. The number of hydrogen-bond acceptors (Lipinski definition) is 4. The minimum Gasteiger partial charge on any atom is -0.491 e. The molecule has 0 radical (unpaired) electrons. The van der Waals surface area contributed by atoms with Crippen molar-refractivity contribution in [2.45, 2.75) is 39.5 Å². The van der Waals surface area contributed by atoms with Crippen LogP contribution in [-0.2, 0) is 16.0 Å². The van der Waals surface area contributed by atoms with Crippen LogP contribution in [0.1, 0.15) is 26.3 Å². The average Bonchev–Trinajstić information content (AvgIpc) is 2.42. The number of ether oxygens (including phenoxy) is 3. The summed E-state index contributed by atoms with van der Waals surface area (Å²) in [5.74, 6) is 0.885. The average molecular weight is 281 g/mol. The molecule has 1 N–H and O–H groups in total. The molecule has 0 saturated heterocycles. The monoisotopic (exact) mass is 281 g/mol. The van der Waals surface area contributed by atoms with Crippen LogP contribution in [0.3, 0.4) is 0 Å². The van der Waals surface area contributed by atoms with E-state index in [2.05, 4.69) is 31.3 Å². The minimum atomic E-state index is 0.102. The zero-order valence-corrected chi connectivity index (χ0v) is 13.0. The van der Waals surface area contributed by atoms with Crippen LogP contribution in [0.5, 0.6) is 5.75 Å². The lowest BCUT2D eigenvalue weighted by molar-refractivity contribution is -0.00215. The molecule has 0 amide bonds. The van der Waals surface area contributed by atoms with Crippen molar-refractivity contribution in [2.24, 2.45) is 0 Å². The number of hydrogen-bond donors (Lipinski definition) is 1. The second-order valence-electron chi connectivity index (χ2n) is 5.17. The van der Waals surface area contributed by atoms with Crippen molar-refractivity contribution in [3.8, 4) is 5.75 Å². The molecule has 0 aliphatic heterocycles. The number of methoxy groups -OCH3 is 1. The van der Waals surface area contributed by atoms with Crippen molar-refractivity contribution >= 4 is 0 Å². The minimum absolute atomic E-state index is 0.102. The number of benzene rings is 1. The number of nitrogens with one attached hydrogen (secondary N) is 1. The summed E-state index contributed by atoms with van der Waals surface area (Å²) in [6.07, 6.45) is 0.102. The van der Waals surface area contributed by atoms with Crippen LogP contribution >= 0.6 is 0 Å². The van der Waals surface area contributed by atoms with Crippen LogP contribution in [0.4, 0.5) is 0 Å². The smallest absolute Gasteiger partial charge is 0.119 e. The van der Waals surface area contributed by atoms with E-state index < -0.39 is 0 Å². The predicted octanol–water partition coefficient (Wildman–Crippen LogP) is 2.61. The van der Waals surface area contributed by atoms with E-state index in [4.69, 9.17) is 14.2 Å². The fraction of sp³-hybridized carbons (Fsp3) is 0.625. The molecular formula is C16H27NO3. The highest BCUT2D eigenvalue weighted by Crippen LogP contribution is 2.13. The summed E-state index contributed by atoms with van der Waals surface area (Å²) in [6.45, 7) is 8.85. The van der Waals surface area contributed by atoms with Crippen LogP contribution in [-0.4, -0.2) is 39.1 Å². The van der Waals surface area contributed by atoms with E-state index in [1.165, 1.54) is 5.56 Å². The molecule has 1 atom stereocenters. The third kappa shape index (κ3) is 7.48. The Morgan fingerprint density at radius 2 is 1.95 bits per heavy atom. The SMILES string of the molecule is COCC(C)OCCOc1cccc(CNC(C)C)c1. The molecule has 0 aromatic heterocycles. The molecule has 1 aromatic rings. The molecular weight excluding hydrogens is 254 g/mol. The van der Waals surface area contributed by atoms with Crippen molar-refractivity contribution < 1.29 is 14.2 Å². The van der Waals surface area contributed by atoms with E-state index >= 15 is 0 Å². The van der Waals surface area contributed by atoms with Gasteiger partial charge in [0.15, 0.2) is 0 Å². The topological polar surface area (TPSA) is 39.7 Å². The van der Waals surface area contributed by atoms with E-state index in [9.17, 15) is 0 Å². The second-order valence-corrected chi connectivity index (χ2v) is 5.17. The van der Waals surface area contributed by atoms with Crippen LogP contribution in [0.2, 0.25) is 0 Å². The molecule has 0 aliphatic carbocycles. The molecule has 20 heavy (non-hydrogen) atoms. The van der Waals surface area contributed by atoms with Gasteiger partial charge < -0.3 is 19.5 Å². The predicted molar refractivity (Wildman–Crippen MR) is 81.2 cm³/mol. The first kappa shape index (κ1) is 17.0. The van der Waals surface area contributed by atoms with E-state index in [0.29, 0.717) is 25.9 Å². The van der Waals surface area contributed by atoms with Crippen molar-refractivity contribution in [2.75, 3.05) is 26.9 Å². The summed E-state index contributed by atoms with van der Waals surface area (Å²) in [5, 5.41) is 3.39. The molecule has 4 nitrogen and oxygen atoms in total. The normalized spacial score (nSPS) is 12.7. The molecule has 1 aromatic carbocycles. The molecule has 1 rings (SSSR count). The first-order valence-electron chi connectivity index (χ1n) is 7.17. The van der Waals surface area contributed by atoms with Gasteiger partial charge in [-0.3, -0.25) is 0 Å². The Bertz CT molecular complexity index is 368. The van der Waals surface area contributed by atoms with Gasteiger partial charge in [0.05, 0.1) is 19.3 Å². The summed E-state index contributed by atoms with van der Waals surface area (Å²) in [7, 11) is 1.67. The van der Waals surface area contributed by atoms with E-state index in [-0.39, 0.29) is 6.10 Å².